The minimum Gasteiger partial charge on any atom is -0.464 e. The number of thioether (sulfide) groups is 1. The largest absolute Gasteiger partial charge is 0.464 e. The van der Waals surface area contributed by atoms with Crippen LogP contribution < -0.4 is 0 Å². The molecule has 1 atom stereocenters. The van der Waals surface area contributed by atoms with Crippen molar-refractivity contribution < 1.29 is 9.53 Å². The second-order valence-corrected chi connectivity index (χ2v) is 4.60. The van der Waals surface area contributed by atoms with Crippen LogP contribution >= 0.6 is 11.8 Å². The first-order valence-corrected chi connectivity index (χ1v) is 6.19. The van der Waals surface area contributed by atoms with Gasteiger partial charge in [-0.05, 0) is 5.92 Å². The fourth-order valence-electron chi connectivity index (χ4n) is 0.946. The highest BCUT2D eigenvalue weighted by Crippen LogP contribution is 2.18. The zero-order chi connectivity index (χ0) is 12.0. The van der Waals surface area contributed by atoms with E-state index in [1.165, 1.54) is 13.3 Å². The smallest absolute Gasteiger partial charge is 0.358 e. The summed E-state index contributed by atoms with van der Waals surface area (Å²) in [6.45, 7) is 4.36. The van der Waals surface area contributed by atoms with E-state index < -0.39 is 5.97 Å². The molecule has 0 amide bonds. The van der Waals surface area contributed by atoms with Crippen LogP contribution in [0, 0.1) is 5.92 Å². The molecule has 0 spiro atoms. The summed E-state index contributed by atoms with van der Waals surface area (Å²) in [5.74, 6) is 1.22. The van der Waals surface area contributed by atoms with Crippen molar-refractivity contribution in [2.45, 2.75) is 25.3 Å². The van der Waals surface area contributed by atoms with Crippen molar-refractivity contribution in [3.05, 3.63) is 18.1 Å². The van der Waals surface area contributed by atoms with E-state index in [4.69, 9.17) is 0 Å². The summed E-state index contributed by atoms with van der Waals surface area (Å²) < 4.78 is 4.54. The molecule has 0 fully saturated rings. The Labute approximate surface area is 99.8 Å². The van der Waals surface area contributed by atoms with Crippen LogP contribution in [0.1, 0.15) is 30.8 Å². The molecule has 0 saturated heterocycles. The van der Waals surface area contributed by atoms with Crippen LogP contribution in [0.3, 0.4) is 0 Å². The molecule has 0 radical (unpaired) electrons. The maximum atomic E-state index is 11.1. The normalized spacial score (nSPS) is 12.2. The van der Waals surface area contributed by atoms with Gasteiger partial charge in [-0.15, -0.1) is 11.8 Å². The Kier molecular flexibility index (Phi) is 5.25. The van der Waals surface area contributed by atoms with Crippen molar-refractivity contribution in [3.8, 4) is 0 Å². The fourth-order valence-corrected chi connectivity index (χ4v) is 1.89. The monoisotopic (exact) mass is 240 g/mol. The molecule has 4 nitrogen and oxygen atoms in total. The molecule has 0 aliphatic carbocycles. The van der Waals surface area contributed by atoms with E-state index in [1.54, 1.807) is 18.0 Å². The van der Waals surface area contributed by atoms with Crippen LogP contribution in [-0.4, -0.2) is 28.8 Å². The highest BCUT2D eigenvalue weighted by molar-refractivity contribution is 7.99. The number of esters is 1. The third kappa shape index (κ3) is 3.81. The quantitative estimate of drug-likeness (QED) is 0.584. The van der Waals surface area contributed by atoms with Gasteiger partial charge in [0.1, 0.15) is 5.03 Å². The number of aromatic nitrogens is 2. The molecule has 0 aliphatic heterocycles. The summed E-state index contributed by atoms with van der Waals surface area (Å²) >= 11 is 1.66. The summed E-state index contributed by atoms with van der Waals surface area (Å²) in [6, 6.07) is 0. The van der Waals surface area contributed by atoms with Crippen molar-refractivity contribution in [3.63, 3.8) is 0 Å². The van der Waals surface area contributed by atoms with E-state index in [0.717, 1.165) is 17.2 Å². The molecule has 0 N–H and O–H groups in total. The molecule has 88 valence electrons. The van der Waals surface area contributed by atoms with Crippen LogP contribution in [0.5, 0.6) is 0 Å². The molecule has 0 bridgehead atoms. The minimum atomic E-state index is -0.453. The number of nitrogens with zero attached hydrogens (tertiary/aromatic N) is 2. The molecule has 0 aliphatic rings. The third-order valence-electron chi connectivity index (χ3n) is 2.24. The fraction of sp³-hybridized carbons (Fsp3) is 0.545. The predicted molar refractivity (Wildman–Crippen MR) is 63.6 cm³/mol. The van der Waals surface area contributed by atoms with Gasteiger partial charge in [0.15, 0.2) is 5.69 Å². The van der Waals surface area contributed by atoms with E-state index in [-0.39, 0.29) is 5.69 Å². The molecule has 0 aromatic carbocycles. The molecule has 1 unspecified atom stereocenters. The molecule has 1 aromatic heterocycles. The summed E-state index contributed by atoms with van der Waals surface area (Å²) in [5, 5.41) is 0.841. The van der Waals surface area contributed by atoms with Crippen molar-refractivity contribution in [2.75, 3.05) is 12.9 Å². The van der Waals surface area contributed by atoms with Gasteiger partial charge < -0.3 is 4.74 Å². The number of carbonyl (C=O) groups is 1. The van der Waals surface area contributed by atoms with Gasteiger partial charge in [0.2, 0.25) is 0 Å². The molecule has 5 heteroatoms. The van der Waals surface area contributed by atoms with E-state index in [9.17, 15) is 4.79 Å². The van der Waals surface area contributed by atoms with Crippen LogP contribution in [0.15, 0.2) is 17.4 Å². The lowest BCUT2D eigenvalue weighted by Crippen LogP contribution is -2.05. The van der Waals surface area contributed by atoms with E-state index in [1.807, 2.05) is 0 Å². The minimum absolute atomic E-state index is 0.246. The second-order valence-electron chi connectivity index (χ2n) is 3.56. The van der Waals surface area contributed by atoms with Gasteiger partial charge in [-0.25, -0.2) is 14.8 Å². The molecule has 16 heavy (non-hydrogen) atoms. The van der Waals surface area contributed by atoms with Gasteiger partial charge >= 0.3 is 5.97 Å². The Morgan fingerprint density at radius 2 is 2.25 bits per heavy atom. The first kappa shape index (κ1) is 13.0. The topological polar surface area (TPSA) is 52.1 Å². The van der Waals surface area contributed by atoms with Crippen molar-refractivity contribution in [1.82, 2.24) is 9.97 Å². The Hall–Kier alpha value is -1.10. The molecule has 1 heterocycles. The van der Waals surface area contributed by atoms with Crippen molar-refractivity contribution >= 4 is 17.7 Å². The van der Waals surface area contributed by atoms with E-state index in [0.29, 0.717) is 5.92 Å². The number of carbonyl (C=O) groups excluding carboxylic acids is 1. The lowest BCUT2D eigenvalue weighted by atomic mass is 10.2. The lowest BCUT2D eigenvalue weighted by molar-refractivity contribution is 0.0593. The number of hydrogen-bond acceptors (Lipinski definition) is 5. The molecule has 0 saturated carbocycles. The van der Waals surface area contributed by atoms with Crippen LogP contribution in [0.4, 0.5) is 0 Å². The van der Waals surface area contributed by atoms with Gasteiger partial charge in [-0.1, -0.05) is 20.3 Å². The van der Waals surface area contributed by atoms with E-state index in [2.05, 4.69) is 28.6 Å². The number of hydrogen-bond donors (Lipinski definition) is 0. The van der Waals surface area contributed by atoms with Crippen LogP contribution in [0.25, 0.3) is 0 Å². The summed E-state index contributed by atoms with van der Waals surface area (Å²) in [6.07, 6.45) is 4.21. The van der Waals surface area contributed by atoms with Crippen LogP contribution in [0.2, 0.25) is 0 Å². The molecule has 1 rings (SSSR count). The maximum Gasteiger partial charge on any atom is 0.358 e. The first-order chi connectivity index (χ1) is 7.67. The SMILES string of the molecule is CCC(C)CSc1cnc(C(=O)OC)cn1. The highest BCUT2D eigenvalue weighted by Gasteiger charge is 2.08. The maximum absolute atomic E-state index is 11.1. The second kappa shape index (κ2) is 6.48. The van der Waals surface area contributed by atoms with Gasteiger partial charge in [-0.3, -0.25) is 0 Å². The Morgan fingerprint density at radius 1 is 1.50 bits per heavy atom. The van der Waals surface area contributed by atoms with Crippen LogP contribution in [-0.2, 0) is 4.74 Å². The van der Waals surface area contributed by atoms with Gasteiger partial charge in [-0.2, -0.15) is 0 Å². The lowest BCUT2D eigenvalue weighted by Gasteiger charge is -2.06. The molecule has 1 aromatic rings. The molecular formula is C11H16N2O2S. The number of rotatable bonds is 5. The first-order valence-electron chi connectivity index (χ1n) is 5.20. The average Bonchev–Trinajstić information content (AvgIpc) is 2.35. The van der Waals surface area contributed by atoms with Crippen molar-refractivity contribution in [1.29, 1.82) is 0 Å². The Balaban J connectivity index is 2.54. The Morgan fingerprint density at radius 3 is 2.75 bits per heavy atom. The molecular weight excluding hydrogens is 224 g/mol. The summed E-state index contributed by atoms with van der Waals surface area (Å²) in [4.78, 5) is 19.3. The number of ether oxygens (including phenoxy) is 1. The van der Waals surface area contributed by atoms with Gasteiger partial charge in [0, 0.05) is 5.75 Å². The van der Waals surface area contributed by atoms with Gasteiger partial charge in [0.25, 0.3) is 0 Å². The standard InChI is InChI=1S/C11H16N2O2S/c1-4-8(2)7-16-10-6-12-9(5-13-10)11(14)15-3/h5-6,8H,4,7H2,1-3H3. The summed E-state index contributed by atoms with van der Waals surface area (Å²) in [7, 11) is 1.33. The predicted octanol–water partition coefficient (Wildman–Crippen LogP) is 2.40. The average molecular weight is 240 g/mol. The zero-order valence-electron chi connectivity index (χ0n) is 9.77. The van der Waals surface area contributed by atoms with E-state index >= 15 is 0 Å². The third-order valence-corrected chi connectivity index (χ3v) is 3.48. The number of methoxy groups -OCH3 is 1. The summed E-state index contributed by atoms with van der Waals surface area (Å²) in [5.41, 5.74) is 0.246. The highest BCUT2D eigenvalue weighted by atomic mass is 32.2. The van der Waals surface area contributed by atoms with Crippen molar-refractivity contribution in [2.24, 2.45) is 5.92 Å². The van der Waals surface area contributed by atoms with Gasteiger partial charge in [0.05, 0.1) is 19.5 Å². The zero-order valence-corrected chi connectivity index (χ0v) is 10.6. The Bertz CT molecular complexity index is 340.